The number of hydrogen-bond donors (Lipinski definition) is 2. The molecule has 1 aromatic carbocycles. The van der Waals surface area contributed by atoms with Gasteiger partial charge in [-0.2, -0.15) is 0 Å². The van der Waals surface area contributed by atoms with E-state index in [9.17, 15) is 0 Å². The Morgan fingerprint density at radius 2 is 2.00 bits per heavy atom. The second-order valence-corrected chi connectivity index (χ2v) is 3.15. The molecule has 0 aliphatic heterocycles. The number of benzene rings is 1. The fraction of sp³-hybridized carbons (Fsp3) is 0.455. The van der Waals surface area contributed by atoms with Crippen LogP contribution in [0.15, 0.2) is 24.3 Å². The summed E-state index contributed by atoms with van der Waals surface area (Å²) in [5.41, 5.74) is 1.23. The average molecular weight is 195 g/mol. The summed E-state index contributed by atoms with van der Waals surface area (Å²) in [5.74, 6) is 0.797. The third kappa shape index (κ3) is 3.01. The lowest BCUT2D eigenvalue weighted by Crippen LogP contribution is -2.12. The highest BCUT2D eigenvalue weighted by atomic mass is 16.5. The van der Waals surface area contributed by atoms with E-state index in [0.29, 0.717) is 12.6 Å². The largest absolute Gasteiger partial charge is 0.491 e. The lowest BCUT2D eigenvalue weighted by atomic mass is 10.1. The van der Waals surface area contributed by atoms with Crippen LogP contribution in [-0.4, -0.2) is 25.4 Å². The number of hydrogen-bond acceptors (Lipinski definition) is 3. The van der Waals surface area contributed by atoms with Crippen molar-refractivity contribution in [1.82, 2.24) is 5.32 Å². The van der Waals surface area contributed by atoms with Gasteiger partial charge in [-0.15, -0.1) is 0 Å². The smallest absolute Gasteiger partial charge is 0.119 e. The molecule has 14 heavy (non-hydrogen) atoms. The fourth-order valence-electron chi connectivity index (χ4n) is 1.18. The normalized spacial score (nSPS) is 12.5. The molecule has 0 heterocycles. The highest BCUT2D eigenvalue weighted by molar-refractivity contribution is 5.28. The first-order valence-corrected chi connectivity index (χ1v) is 4.79. The molecule has 0 amide bonds. The van der Waals surface area contributed by atoms with Gasteiger partial charge in [0.2, 0.25) is 0 Å². The molecule has 0 fully saturated rings. The summed E-state index contributed by atoms with van der Waals surface area (Å²) < 4.78 is 5.25. The zero-order chi connectivity index (χ0) is 10.4. The van der Waals surface area contributed by atoms with Crippen molar-refractivity contribution in [2.45, 2.75) is 13.0 Å². The van der Waals surface area contributed by atoms with Crippen molar-refractivity contribution in [3.05, 3.63) is 29.8 Å². The maximum Gasteiger partial charge on any atom is 0.119 e. The quantitative estimate of drug-likeness (QED) is 0.745. The van der Waals surface area contributed by atoms with Crippen LogP contribution >= 0.6 is 0 Å². The molecule has 1 aromatic rings. The van der Waals surface area contributed by atoms with Crippen molar-refractivity contribution in [2.75, 3.05) is 20.3 Å². The molecule has 1 atom stereocenters. The molecule has 3 nitrogen and oxygen atoms in total. The first kappa shape index (κ1) is 11.0. The number of ether oxygens (including phenoxy) is 1. The zero-order valence-electron chi connectivity index (χ0n) is 8.66. The molecule has 3 heteroatoms. The Morgan fingerprint density at radius 1 is 1.36 bits per heavy atom. The third-order valence-electron chi connectivity index (χ3n) is 2.17. The van der Waals surface area contributed by atoms with Crippen molar-refractivity contribution in [3.63, 3.8) is 0 Å². The van der Waals surface area contributed by atoms with E-state index in [1.807, 2.05) is 31.3 Å². The van der Waals surface area contributed by atoms with E-state index in [4.69, 9.17) is 9.84 Å². The Bertz CT molecular complexity index is 258. The van der Waals surface area contributed by atoms with Crippen molar-refractivity contribution in [1.29, 1.82) is 0 Å². The molecule has 0 saturated heterocycles. The topological polar surface area (TPSA) is 41.5 Å². The molecule has 2 N–H and O–H groups in total. The Balaban J connectivity index is 2.59. The van der Waals surface area contributed by atoms with Gasteiger partial charge in [0, 0.05) is 6.04 Å². The number of rotatable bonds is 5. The molecule has 0 unspecified atom stereocenters. The second kappa shape index (κ2) is 5.62. The molecule has 0 bridgehead atoms. The minimum Gasteiger partial charge on any atom is -0.491 e. The summed E-state index contributed by atoms with van der Waals surface area (Å²) in [4.78, 5) is 0. The summed E-state index contributed by atoms with van der Waals surface area (Å²) in [7, 11) is 1.93. The molecule has 0 saturated carbocycles. The van der Waals surface area contributed by atoms with Crippen molar-refractivity contribution < 1.29 is 9.84 Å². The highest BCUT2D eigenvalue weighted by Gasteiger charge is 2.01. The summed E-state index contributed by atoms with van der Waals surface area (Å²) >= 11 is 0. The zero-order valence-corrected chi connectivity index (χ0v) is 8.66. The molecule has 0 radical (unpaired) electrons. The summed E-state index contributed by atoms with van der Waals surface area (Å²) in [6, 6.07) is 8.22. The highest BCUT2D eigenvalue weighted by Crippen LogP contribution is 2.16. The van der Waals surface area contributed by atoms with Crippen LogP contribution < -0.4 is 10.1 Å². The van der Waals surface area contributed by atoms with Crippen molar-refractivity contribution in [2.24, 2.45) is 0 Å². The van der Waals surface area contributed by atoms with Gasteiger partial charge < -0.3 is 15.2 Å². The Labute approximate surface area is 84.7 Å². The summed E-state index contributed by atoms with van der Waals surface area (Å²) in [6.07, 6.45) is 0. The maximum absolute atomic E-state index is 8.57. The van der Waals surface area contributed by atoms with Gasteiger partial charge in [-0.3, -0.25) is 0 Å². The molecule has 0 spiro atoms. The van der Waals surface area contributed by atoms with Crippen molar-refractivity contribution in [3.8, 4) is 5.75 Å². The van der Waals surface area contributed by atoms with E-state index in [1.54, 1.807) is 0 Å². The molecular weight excluding hydrogens is 178 g/mol. The van der Waals surface area contributed by atoms with Crippen LogP contribution in [-0.2, 0) is 0 Å². The van der Waals surface area contributed by atoms with Crippen LogP contribution in [0.4, 0.5) is 0 Å². The summed E-state index contributed by atoms with van der Waals surface area (Å²) in [5, 5.41) is 11.7. The maximum atomic E-state index is 8.57. The van der Waals surface area contributed by atoms with E-state index >= 15 is 0 Å². The van der Waals surface area contributed by atoms with E-state index in [0.717, 1.165) is 5.75 Å². The van der Waals surface area contributed by atoms with Crippen LogP contribution in [0.5, 0.6) is 5.75 Å². The minimum atomic E-state index is 0.0503. The summed E-state index contributed by atoms with van der Waals surface area (Å²) in [6.45, 7) is 2.50. The molecule has 1 rings (SSSR count). The van der Waals surface area contributed by atoms with Crippen LogP contribution in [0.2, 0.25) is 0 Å². The van der Waals surface area contributed by atoms with Gasteiger partial charge in [-0.1, -0.05) is 12.1 Å². The van der Waals surface area contributed by atoms with Gasteiger partial charge in [0.15, 0.2) is 0 Å². The Hall–Kier alpha value is -1.06. The first-order chi connectivity index (χ1) is 6.77. The van der Waals surface area contributed by atoms with E-state index in [-0.39, 0.29) is 6.61 Å². The molecule has 0 aliphatic carbocycles. The first-order valence-electron chi connectivity index (χ1n) is 4.79. The molecule has 78 valence electrons. The van der Waals surface area contributed by atoms with Gasteiger partial charge in [-0.25, -0.2) is 0 Å². The monoisotopic (exact) mass is 195 g/mol. The predicted molar refractivity (Wildman–Crippen MR) is 56.5 cm³/mol. The third-order valence-corrected chi connectivity index (χ3v) is 2.17. The SMILES string of the molecule is CN[C@H](C)c1ccc(OCCO)cc1. The standard InChI is InChI=1S/C11H17NO2/c1-9(12-2)10-3-5-11(6-4-10)14-8-7-13/h3-6,9,12-13H,7-8H2,1-2H3/t9-/m1/s1. The molecule has 0 aliphatic rings. The number of aliphatic hydroxyl groups is 1. The van der Waals surface area contributed by atoms with Crippen LogP contribution in [0.1, 0.15) is 18.5 Å². The number of nitrogens with one attached hydrogen (secondary N) is 1. The number of aliphatic hydroxyl groups excluding tert-OH is 1. The Kier molecular flexibility index (Phi) is 4.43. The fourth-order valence-corrected chi connectivity index (χ4v) is 1.18. The Morgan fingerprint density at radius 3 is 2.50 bits per heavy atom. The second-order valence-electron chi connectivity index (χ2n) is 3.15. The molecular formula is C11H17NO2. The van der Waals surface area contributed by atoms with Crippen LogP contribution in [0.3, 0.4) is 0 Å². The van der Waals surface area contributed by atoms with Crippen LogP contribution in [0.25, 0.3) is 0 Å². The van der Waals surface area contributed by atoms with Gasteiger partial charge in [0.1, 0.15) is 12.4 Å². The predicted octanol–water partition coefficient (Wildman–Crippen LogP) is 1.34. The van der Waals surface area contributed by atoms with E-state index < -0.39 is 0 Å². The average Bonchev–Trinajstić information content (AvgIpc) is 2.26. The minimum absolute atomic E-state index is 0.0503. The van der Waals surface area contributed by atoms with Crippen LogP contribution in [0, 0.1) is 0 Å². The van der Waals surface area contributed by atoms with Gasteiger partial charge >= 0.3 is 0 Å². The van der Waals surface area contributed by atoms with Gasteiger partial charge in [-0.05, 0) is 31.7 Å². The van der Waals surface area contributed by atoms with Gasteiger partial charge in [0.05, 0.1) is 6.61 Å². The van der Waals surface area contributed by atoms with Crippen molar-refractivity contribution >= 4 is 0 Å². The lowest BCUT2D eigenvalue weighted by molar-refractivity contribution is 0.201. The molecule has 0 aromatic heterocycles. The lowest BCUT2D eigenvalue weighted by Gasteiger charge is -2.11. The van der Waals surface area contributed by atoms with E-state index in [1.165, 1.54) is 5.56 Å². The van der Waals surface area contributed by atoms with E-state index in [2.05, 4.69) is 12.2 Å². The van der Waals surface area contributed by atoms with Gasteiger partial charge in [0.25, 0.3) is 0 Å².